The van der Waals surface area contributed by atoms with Crippen molar-refractivity contribution >= 4 is 29.0 Å². The summed E-state index contributed by atoms with van der Waals surface area (Å²) in [5.74, 6) is -0.644. The predicted molar refractivity (Wildman–Crippen MR) is 157 cm³/mol. The van der Waals surface area contributed by atoms with Gasteiger partial charge in [0.15, 0.2) is 0 Å². The van der Waals surface area contributed by atoms with Crippen molar-refractivity contribution in [2.24, 2.45) is 17.8 Å². The zero-order valence-corrected chi connectivity index (χ0v) is 25.0. The lowest BCUT2D eigenvalue weighted by Crippen LogP contribution is -2.55. The first-order valence-corrected chi connectivity index (χ1v) is 15.9. The van der Waals surface area contributed by atoms with E-state index in [1.54, 1.807) is 7.11 Å². The number of aryl methyl sites for hydroxylation is 1. The van der Waals surface area contributed by atoms with Crippen molar-refractivity contribution in [2.75, 3.05) is 13.7 Å². The van der Waals surface area contributed by atoms with E-state index >= 15 is 0 Å². The number of aromatic nitrogens is 2. The van der Waals surface area contributed by atoms with Gasteiger partial charge in [0.25, 0.3) is 0 Å². The van der Waals surface area contributed by atoms with Crippen LogP contribution in [-0.2, 0) is 20.7 Å². The molecule has 4 aliphatic rings. The topological polar surface area (TPSA) is 140 Å². The Kier molecular flexibility index (Phi) is 8.59. The normalized spacial score (nSPS) is 30.3. The quantitative estimate of drug-likeness (QED) is 0.524. The van der Waals surface area contributed by atoms with Gasteiger partial charge in [-0.1, -0.05) is 32.6 Å². The van der Waals surface area contributed by atoms with Crippen molar-refractivity contribution in [3.63, 3.8) is 0 Å². The van der Waals surface area contributed by atoms with Gasteiger partial charge in [-0.15, -0.1) is 0 Å². The number of carboxylic acids is 1. The average molecular weight is 595 g/mol. The molecule has 232 valence electrons. The number of fused-ring (bicyclic) bond motifs is 5. The number of hydrogen-bond donors (Lipinski definition) is 2. The van der Waals surface area contributed by atoms with Crippen LogP contribution in [0.2, 0.25) is 0 Å². The van der Waals surface area contributed by atoms with Crippen molar-refractivity contribution < 1.29 is 33.7 Å². The number of benzene rings is 1. The Labute approximate surface area is 251 Å². The lowest BCUT2D eigenvalue weighted by Gasteiger charge is -2.31. The highest BCUT2D eigenvalue weighted by molar-refractivity contribution is 5.90. The number of amides is 2. The molecule has 0 spiro atoms. The monoisotopic (exact) mass is 594 g/mol. The Morgan fingerprint density at radius 1 is 1.02 bits per heavy atom. The third-order valence-electron chi connectivity index (χ3n) is 9.79. The molecule has 2 saturated carbocycles. The van der Waals surface area contributed by atoms with Gasteiger partial charge in [0.05, 0.1) is 24.7 Å². The molecule has 11 heteroatoms. The van der Waals surface area contributed by atoms with E-state index in [2.05, 4.69) is 5.32 Å². The maximum Gasteiger partial charge on any atom is 0.408 e. The molecule has 11 nitrogen and oxygen atoms in total. The number of carboxylic acid groups (broad SMARTS) is 1. The summed E-state index contributed by atoms with van der Waals surface area (Å²) in [6.45, 7) is 1.99. The highest BCUT2D eigenvalue weighted by Crippen LogP contribution is 2.39. The SMILES string of the molecule is CCC1C2CN(C(=O)C(C3CCCC3)NC(=O)OC3CC3CCCCCc3nc4ccc(OC)cc4nc3O2)C1C(=O)O. The molecule has 2 N–H and O–H groups in total. The van der Waals surface area contributed by atoms with Crippen LogP contribution in [0.4, 0.5) is 4.79 Å². The Morgan fingerprint density at radius 2 is 1.79 bits per heavy atom. The van der Waals surface area contributed by atoms with Crippen LogP contribution in [0, 0.1) is 17.8 Å². The number of aliphatic carboxylic acids is 1. The van der Waals surface area contributed by atoms with Crippen LogP contribution in [0.25, 0.3) is 11.0 Å². The Morgan fingerprint density at radius 3 is 2.53 bits per heavy atom. The Hall–Kier alpha value is -3.63. The summed E-state index contributed by atoms with van der Waals surface area (Å²) >= 11 is 0. The molecule has 2 aliphatic heterocycles. The lowest BCUT2D eigenvalue weighted by atomic mass is 9.94. The van der Waals surface area contributed by atoms with Gasteiger partial charge in [0.2, 0.25) is 11.8 Å². The van der Waals surface area contributed by atoms with Crippen LogP contribution in [0.3, 0.4) is 0 Å². The smallest absolute Gasteiger partial charge is 0.408 e. The summed E-state index contributed by atoms with van der Waals surface area (Å²) in [7, 11) is 1.60. The van der Waals surface area contributed by atoms with Crippen LogP contribution in [-0.4, -0.2) is 75.9 Å². The molecule has 2 amide bonds. The van der Waals surface area contributed by atoms with Gasteiger partial charge in [0, 0.05) is 12.0 Å². The second-order valence-corrected chi connectivity index (χ2v) is 12.5. The number of ether oxygens (including phenoxy) is 3. The lowest BCUT2D eigenvalue weighted by molar-refractivity contribution is -0.151. The molecule has 6 unspecified atom stereocenters. The molecule has 1 aromatic carbocycles. The fourth-order valence-corrected chi connectivity index (χ4v) is 7.31. The molecule has 6 atom stereocenters. The maximum absolute atomic E-state index is 14.2. The molecule has 2 bridgehead atoms. The summed E-state index contributed by atoms with van der Waals surface area (Å²) in [4.78, 5) is 51.0. The largest absolute Gasteiger partial charge is 0.497 e. The number of rotatable bonds is 4. The minimum atomic E-state index is -1.09. The molecule has 0 radical (unpaired) electrons. The van der Waals surface area contributed by atoms with Crippen molar-refractivity contribution in [1.29, 1.82) is 0 Å². The molecule has 1 saturated heterocycles. The first kappa shape index (κ1) is 29.4. The molecule has 2 aliphatic carbocycles. The summed E-state index contributed by atoms with van der Waals surface area (Å²) in [5.41, 5.74) is 2.09. The van der Waals surface area contributed by atoms with E-state index in [1.165, 1.54) is 4.90 Å². The summed E-state index contributed by atoms with van der Waals surface area (Å²) in [5, 5.41) is 13.2. The highest BCUT2D eigenvalue weighted by Gasteiger charge is 2.51. The molecule has 2 aromatic rings. The number of hydrogen-bond acceptors (Lipinski definition) is 8. The first-order chi connectivity index (χ1) is 20.9. The van der Waals surface area contributed by atoms with Gasteiger partial charge in [-0.3, -0.25) is 4.79 Å². The Bertz CT molecular complexity index is 1360. The van der Waals surface area contributed by atoms with Gasteiger partial charge in [-0.25, -0.2) is 19.6 Å². The van der Waals surface area contributed by atoms with E-state index in [9.17, 15) is 19.5 Å². The van der Waals surface area contributed by atoms with Gasteiger partial charge in [-0.2, -0.15) is 0 Å². The second-order valence-electron chi connectivity index (χ2n) is 12.5. The van der Waals surface area contributed by atoms with E-state index in [-0.39, 0.29) is 24.5 Å². The first-order valence-electron chi connectivity index (χ1n) is 15.9. The van der Waals surface area contributed by atoms with Gasteiger partial charge >= 0.3 is 12.1 Å². The zero-order chi connectivity index (χ0) is 30.1. The third kappa shape index (κ3) is 6.21. The molecule has 1 aromatic heterocycles. The van der Waals surface area contributed by atoms with E-state index in [4.69, 9.17) is 24.2 Å². The average Bonchev–Trinajstić information content (AvgIpc) is 3.34. The predicted octanol–water partition coefficient (Wildman–Crippen LogP) is 4.50. The molecular formula is C32H42N4O7. The van der Waals surface area contributed by atoms with Crippen molar-refractivity contribution in [3.8, 4) is 11.6 Å². The summed E-state index contributed by atoms with van der Waals surface area (Å²) in [6, 6.07) is 3.61. The van der Waals surface area contributed by atoms with Crippen LogP contribution in [0.15, 0.2) is 18.2 Å². The molecule has 3 heterocycles. The number of nitrogens with zero attached hydrogens (tertiary/aromatic N) is 3. The maximum atomic E-state index is 14.2. The van der Waals surface area contributed by atoms with Gasteiger partial charge in [-0.05, 0) is 68.9 Å². The van der Waals surface area contributed by atoms with Crippen molar-refractivity contribution in [1.82, 2.24) is 20.2 Å². The van der Waals surface area contributed by atoms with Crippen molar-refractivity contribution in [2.45, 2.75) is 102 Å². The zero-order valence-electron chi connectivity index (χ0n) is 25.0. The number of alkyl carbamates (subject to hydrolysis) is 1. The fraction of sp³-hybridized carbons (Fsp3) is 0.656. The molecule has 3 fully saturated rings. The fourth-order valence-electron chi connectivity index (χ4n) is 7.31. The standard InChI is InChI=1S/C32H42N4O7/c1-3-21-26-17-36(28(21)31(38)39)30(37)27(18-9-7-8-10-18)35-32(40)43-25-15-19(25)11-5-4-6-12-23-29(42-26)34-24-16-20(41-2)13-14-22(24)33-23/h13-14,16,18-19,21,25-28H,3-12,15,17H2,1-2H3,(H,35,40)(H,38,39). The van der Waals surface area contributed by atoms with Crippen LogP contribution in [0.1, 0.15) is 76.8 Å². The van der Waals surface area contributed by atoms with Crippen LogP contribution < -0.4 is 14.8 Å². The third-order valence-corrected chi connectivity index (χ3v) is 9.79. The highest BCUT2D eigenvalue weighted by atomic mass is 16.6. The second kappa shape index (κ2) is 12.5. The van der Waals surface area contributed by atoms with Crippen LogP contribution >= 0.6 is 0 Å². The summed E-state index contributed by atoms with van der Waals surface area (Å²) in [6.07, 6.45) is 8.06. The van der Waals surface area contributed by atoms with E-state index in [1.807, 2.05) is 25.1 Å². The molecule has 6 rings (SSSR count). The Balaban J connectivity index is 1.36. The minimum Gasteiger partial charge on any atom is -0.497 e. The van der Waals surface area contributed by atoms with Gasteiger partial charge < -0.3 is 29.5 Å². The number of carbonyl (C=O) groups is 3. The number of methoxy groups -OCH3 is 1. The van der Waals surface area contributed by atoms with E-state index in [0.29, 0.717) is 35.9 Å². The molecule has 43 heavy (non-hydrogen) atoms. The molecular weight excluding hydrogens is 552 g/mol. The number of carbonyl (C=O) groups excluding carboxylic acids is 2. The summed E-state index contributed by atoms with van der Waals surface area (Å²) < 4.78 is 17.7. The minimum absolute atomic E-state index is 0.0666. The number of nitrogens with one attached hydrogen (secondary N) is 1. The van der Waals surface area contributed by atoms with Crippen LogP contribution in [0.5, 0.6) is 11.6 Å². The van der Waals surface area contributed by atoms with E-state index in [0.717, 1.165) is 69.0 Å². The van der Waals surface area contributed by atoms with E-state index < -0.39 is 36.2 Å². The van der Waals surface area contributed by atoms with Crippen molar-refractivity contribution in [3.05, 3.63) is 23.9 Å². The van der Waals surface area contributed by atoms with Gasteiger partial charge in [0.1, 0.15) is 35.7 Å².